The van der Waals surface area contributed by atoms with E-state index in [9.17, 15) is 14.7 Å². The summed E-state index contributed by atoms with van der Waals surface area (Å²) in [5.41, 5.74) is 3.90. The molecule has 174 valence electrons. The van der Waals surface area contributed by atoms with Crippen molar-refractivity contribution < 1.29 is 19.4 Å². The molecule has 4 aromatic rings. The number of ether oxygens (including phenoxy) is 1. The summed E-state index contributed by atoms with van der Waals surface area (Å²) >= 11 is 0. The zero-order valence-corrected chi connectivity index (χ0v) is 19.8. The van der Waals surface area contributed by atoms with Crippen molar-refractivity contribution in [1.29, 1.82) is 0 Å². The highest BCUT2D eigenvalue weighted by atomic mass is 16.5. The predicted octanol–water partition coefficient (Wildman–Crippen LogP) is 6.09. The Labute approximate surface area is 203 Å². The van der Waals surface area contributed by atoms with Gasteiger partial charge in [0.05, 0.1) is 18.7 Å². The molecule has 0 spiro atoms. The summed E-state index contributed by atoms with van der Waals surface area (Å²) in [4.78, 5) is 28.4. The number of Topliss-reactive ketones (excluding diaryl/α,β-unsaturated/α-hetero) is 1. The van der Waals surface area contributed by atoms with Gasteiger partial charge in [0.1, 0.15) is 11.5 Å². The molecule has 5 nitrogen and oxygen atoms in total. The number of carbonyl (C=O) groups is 2. The van der Waals surface area contributed by atoms with Crippen LogP contribution in [0.5, 0.6) is 5.75 Å². The minimum absolute atomic E-state index is 0.0671. The molecule has 35 heavy (non-hydrogen) atoms. The number of anilines is 1. The zero-order chi connectivity index (χ0) is 24.7. The third-order valence-corrected chi connectivity index (χ3v) is 6.67. The van der Waals surface area contributed by atoms with Crippen LogP contribution in [0.3, 0.4) is 0 Å². The molecule has 0 radical (unpaired) electrons. The van der Waals surface area contributed by atoms with Crippen LogP contribution in [-0.2, 0) is 9.59 Å². The average molecular weight is 464 g/mol. The molecule has 1 unspecified atom stereocenters. The summed E-state index contributed by atoms with van der Waals surface area (Å²) in [6.07, 6.45) is 0. The molecule has 1 fully saturated rings. The third kappa shape index (κ3) is 3.75. The fourth-order valence-corrected chi connectivity index (χ4v) is 4.69. The minimum Gasteiger partial charge on any atom is -0.507 e. The van der Waals surface area contributed by atoms with Crippen molar-refractivity contribution in [3.63, 3.8) is 0 Å². The van der Waals surface area contributed by atoms with Crippen molar-refractivity contribution in [3.8, 4) is 5.75 Å². The molecule has 5 rings (SSSR count). The molecule has 1 saturated heterocycles. The highest BCUT2D eigenvalue weighted by Crippen LogP contribution is 2.44. The summed E-state index contributed by atoms with van der Waals surface area (Å²) in [7, 11) is 1.55. The Bertz CT molecular complexity index is 1510. The maximum absolute atomic E-state index is 13.5. The predicted molar refractivity (Wildman–Crippen MR) is 138 cm³/mol. The first-order valence-electron chi connectivity index (χ1n) is 11.4. The van der Waals surface area contributed by atoms with Crippen molar-refractivity contribution in [2.75, 3.05) is 12.0 Å². The van der Waals surface area contributed by atoms with Gasteiger partial charge in [-0.05, 0) is 59.5 Å². The van der Waals surface area contributed by atoms with Gasteiger partial charge in [0.25, 0.3) is 11.7 Å². The number of hydrogen-bond donors (Lipinski definition) is 1. The first kappa shape index (κ1) is 22.4. The molecule has 5 heteroatoms. The fraction of sp³-hybridized carbons (Fsp3) is 0.133. The van der Waals surface area contributed by atoms with Gasteiger partial charge in [-0.3, -0.25) is 14.5 Å². The first-order chi connectivity index (χ1) is 16.9. The van der Waals surface area contributed by atoms with Crippen molar-refractivity contribution in [2.24, 2.45) is 0 Å². The van der Waals surface area contributed by atoms with Crippen molar-refractivity contribution in [3.05, 3.63) is 113 Å². The highest BCUT2D eigenvalue weighted by Gasteiger charge is 2.47. The second-order valence-corrected chi connectivity index (χ2v) is 8.74. The van der Waals surface area contributed by atoms with Gasteiger partial charge in [0, 0.05) is 17.3 Å². The van der Waals surface area contributed by atoms with Gasteiger partial charge < -0.3 is 9.84 Å². The van der Waals surface area contributed by atoms with Crippen molar-refractivity contribution in [2.45, 2.75) is 19.9 Å². The van der Waals surface area contributed by atoms with E-state index in [4.69, 9.17) is 4.74 Å². The van der Waals surface area contributed by atoms with Gasteiger partial charge in [0.2, 0.25) is 0 Å². The Morgan fingerprint density at radius 1 is 0.857 bits per heavy atom. The number of nitrogens with zero attached hydrogens (tertiary/aromatic N) is 1. The van der Waals surface area contributed by atoms with E-state index in [1.807, 2.05) is 68.4 Å². The zero-order valence-electron chi connectivity index (χ0n) is 19.8. The molecule has 0 aromatic heterocycles. The molecule has 4 aromatic carbocycles. The molecule has 0 saturated carbocycles. The molecular formula is C30H25NO4. The van der Waals surface area contributed by atoms with Crippen LogP contribution in [-0.4, -0.2) is 23.9 Å². The van der Waals surface area contributed by atoms with Gasteiger partial charge in [-0.1, -0.05) is 60.7 Å². The van der Waals surface area contributed by atoms with Crippen LogP contribution in [0.1, 0.15) is 28.3 Å². The van der Waals surface area contributed by atoms with Crippen LogP contribution in [0.15, 0.2) is 90.5 Å². The molecule has 1 aliphatic heterocycles. The highest BCUT2D eigenvalue weighted by molar-refractivity contribution is 6.52. The second kappa shape index (κ2) is 8.76. The summed E-state index contributed by atoms with van der Waals surface area (Å²) in [6, 6.07) is 25.4. The Morgan fingerprint density at radius 2 is 1.60 bits per heavy atom. The summed E-state index contributed by atoms with van der Waals surface area (Å²) in [5.74, 6) is -1.03. The molecule has 0 aliphatic carbocycles. The Kier molecular flexibility index (Phi) is 5.61. The van der Waals surface area contributed by atoms with E-state index in [0.717, 1.165) is 27.5 Å². The van der Waals surface area contributed by atoms with Gasteiger partial charge in [0.15, 0.2) is 0 Å². The number of aryl methyl sites for hydroxylation is 2. The number of aliphatic hydroxyl groups excluding tert-OH is 1. The maximum Gasteiger partial charge on any atom is 0.300 e. The Hall–Kier alpha value is -4.38. The van der Waals surface area contributed by atoms with Crippen LogP contribution in [0.2, 0.25) is 0 Å². The summed E-state index contributed by atoms with van der Waals surface area (Å²) in [5, 5.41) is 13.3. The van der Waals surface area contributed by atoms with E-state index in [2.05, 4.69) is 0 Å². The standard InChI is InChI=1S/C30H25NO4/c1-18-14-15-21(16-19(18)2)28(32)26-27(25-13-6-9-20-8-4-5-12-24(20)25)31(30(34)29(26)33)22-10-7-11-23(17-22)35-3/h4-17,27,32H,1-3H3/b28-26-. The number of benzene rings is 4. The van der Waals surface area contributed by atoms with Crippen LogP contribution in [0, 0.1) is 13.8 Å². The lowest BCUT2D eigenvalue weighted by atomic mass is 9.91. The van der Waals surface area contributed by atoms with Crippen LogP contribution < -0.4 is 9.64 Å². The van der Waals surface area contributed by atoms with Gasteiger partial charge in [-0.25, -0.2) is 0 Å². The molecule has 1 amide bonds. The topological polar surface area (TPSA) is 66.8 Å². The fourth-order valence-electron chi connectivity index (χ4n) is 4.69. The number of amides is 1. The number of rotatable bonds is 4. The molecule has 1 heterocycles. The SMILES string of the molecule is COc1cccc(N2C(=O)C(=O)/C(=C(\O)c3ccc(C)c(C)c3)C2c2cccc3ccccc23)c1. The quantitative estimate of drug-likeness (QED) is 0.226. The van der Waals surface area contributed by atoms with E-state index >= 15 is 0 Å². The Balaban J connectivity index is 1.81. The smallest absolute Gasteiger partial charge is 0.300 e. The van der Waals surface area contributed by atoms with Crippen LogP contribution >= 0.6 is 0 Å². The summed E-state index contributed by atoms with van der Waals surface area (Å²) < 4.78 is 5.37. The third-order valence-electron chi connectivity index (χ3n) is 6.67. The number of methoxy groups -OCH3 is 1. The number of ketones is 1. The number of hydrogen-bond acceptors (Lipinski definition) is 4. The molecule has 1 atom stereocenters. The summed E-state index contributed by atoms with van der Waals surface area (Å²) in [6.45, 7) is 3.93. The first-order valence-corrected chi connectivity index (χ1v) is 11.4. The molecule has 1 aliphatic rings. The lowest BCUT2D eigenvalue weighted by molar-refractivity contribution is -0.132. The number of fused-ring (bicyclic) bond motifs is 1. The Morgan fingerprint density at radius 3 is 2.37 bits per heavy atom. The van der Waals surface area contributed by atoms with Gasteiger partial charge in [-0.2, -0.15) is 0 Å². The van der Waals surface area contributed by atoms with E-state index in [-0.39, 0.29) is 11.3 Å². The number of aliphatic hydroxyl groups is 1. The maximum atomic E-state index is 13.5. The monoisotopic (exact) mass is 463 g/mol. The van der Waals surface area contributed by atoms with Gasteiger partial charge >= 0.3 is 0 Å². The number of carbonyl (C=O) groups excluding carboxylic acids is 2. The molecular weight excluding hydrogens is 438 g/mol. The van der Waals surface area contributed by atoms with Crippen molar-refractivity contribution in [1.82, 2.24) is 0 Å². The van der Waals surface area contributed by atoms with Crippen molar-refractivity contribution >= 4 is 33.9 Å². The van der Waals surface area contributed by atoms with Crippen LogP contribution in [0.25, 0.3) is 16.5 Å². The lowest BCUT2D eigenvalue weighted by Crippen LogP contribution is -2.29. The second-order valence-electron chi connectivity index (χ2n) is 8.74. The van der Waals surface area contributed by atoms with Gasteiger partial charge in [-0.15, -0.1) is 0 Å². The van der Waals surface area contributed by atoms with E-state index < -0.39 is 17.7 Å². The minimum atomic E-state index is -0.810. The molecule has 1 N–H and O–H groups in total. The van der Waals surface area contributed by atoms with Crippen LogP contribution in [0.4, 0.5) is 5.69 Å². The average Bonchev–Trinajstić information content (AvgIpc) is 3.15. The van der Waals surface area contributed by atoms with E-state index in [1.54, 1.807) is 37.4 Å². The lowest BCUT2D eigenvalue weighted by Gasteiger charge is -2.27. The normalized spacial score (nSPS) is 17.2. The molecule has 0 bridgehead atoms. The largest absolute Gasteiger partial charge is 0.507 e. The van der Waals surface area contributed by atoms with E-state index in [1.165, 1.54) is 4.90 Å². The van der Waals surface area contributed by atoms with E-state index in [0.29, 0.717) is 17.0 Å².